The van der Waals surface area contributed by atoms with Crippen LogP contribution in [0, 0.1) is 0 Å². The van der Waals surface area contributed by atoms with Crippen molar-refractivity contribution in [2.24, 2.45) is 0 Å². The van der Waals surface area contributed by atoms with Gasteiger partial charge in [0.2, 0.25) is 5.88 Å². The Labute approximate surface area is 144 Å². The van der Waals surface area contributed by atoms with Gasteiger partial charge in [0.25, 0.3) is 5.91 Å². The highest BCUT2D eigenvalue weighted by Gasteiger charge is 2.35. The number of alkyl halides is 3. The quantitative estimate of drug-likeness (QED) is 0.666. The largest absolute Gasteiger partial charge is 0.433 e. The maximum atomic E-state index is 12.9. The molecule has 0 aromatic carbocycles. The average Bonchev–Trinajstić information content (AvgIpc) is 3.01. The lowest BCUT2D eigenvalue weighted by Gasteiger charge is -2.17. The number of carbonyl (C=O) groups excluding carboxylic acids is 1. The van der Waals surface area contributed by atoms with Gasteiger partial charge in [-0.05, 0) is 18.2 Å². The van der Waals surface area contributed by atoms with Gasteiger partial charge in [-0.2, -0.15) is 18.3 Å². The highest BCUT2D eigenvalue weighted by molar-refractivity contribution is 6.07. The van der Waals surface area contributed by atoms with Gasteiger partial charge in [-0.1, -0.05) is 0 Å². The molecule has 0 spiro atoms. The summed E-state index contributed by atoms with van der Waals surface area (Å²) < 4.78 is 45.7. The molecule has 0 unspecified atom stereocenters. The lowest BCUT2D eigenvalue weighted by Crippen LogP contribution is -2.26. The van der Waals surface area contributed by atoms with E-state index in [9.17, 15) is 18.0 Å². The van der Waals surface area contributed by atoms with Crippen molar-refractivity contribution in [1.29, 1.82) is 0 Å². The normalized spacial score (nSPS) is 13.7. The van der Waals surface area contributed by atoms with Gasteiger partial charge < -0.3 is 9.64 Å². The van der Waals surface area contributed by atoms with Gasteiger partial charge in [-0.3, -0.25) is 9.78 Å². The molecule has 4 heterocycles. The monoisotopic (exact) mass is 361 g/mol. The molecule has 1 aliphatic heterocycles. The van der Waals surface area contributed by atoms with Crippen LogP contribution in [0.25, 0.3) is 5.69 Å². The van der Waals surface area contributed by atoms with Crippen molar-refractivity contribution in [2.75, 3.05) is 11.9 Å². The fourth-order valence-corrected chi connectivity index (χ4v) is 2.49. The molecule has 0 bridgehead atoms. The van der Waals surface area contributed by atoms with Gasteiger partial charge >= 0.3 is 6.18 Å². The number of ether oxygens (including phenoxy) is 1. The van der Waals surface area contributed by atoms with Crippen LogP contribution in [0.2, 0.25) is 0 Å². The number of nitrogens with zero attached hydrogens (tertiary/aromatic N) is 5. The molecule has 0 radical (unpaired) electrons. The van der Waals surface area contributed by atoms with Crippen LogP contribution >= 0.6 is 0 Å². The Balaban J connectivity index is 1.81. The number of amides is 1. The molecule has 1 aliphatic rings. The maximum Gasteiger partial charge on any atom is 0.417 e. The standard InChI is InChI=1S/C16H10F3N5O2/c1-23-11-5-9(16(17,18)19)6-21-14(11)26-12-8-24(22-13(12)15(23)25)10-3-2-4-20-7-10/h2-8H,1H3. The Morgan fingerprint density at radius 3 is 2.73 bits per heavy atom. The molecule has 0 saturated carbocycles. The predicted molar refractivity (Wildman–Crippen MR) is 83.4 cm³/mol. The molecule has 26 heavy (non-hydrogen) atoms. The zero-order valence-electron chi connectivity index (χ0n) is 13.2. The minimum atomic E-state index is -4.58. The van der Waals surface area contributed by atoms with Crippen LogP contribution in [0.3, 0.4) is 0 Å². The summed E-state index contributed by atoms with van der Waals surface area (Å²) in [5.74, 6) is -0.627. The van der Waals surface area contributed by atoms with Gasteiger partial charge in [-0.15, -0.1) is 0 Å². The molecular formula is C16H10F3N5O2. The van der Waals surface area contributed by atoms with Gasteiger partial charge in [0.1, 0.15) is 5.69 Å². The fourth-order valence-electron chi connectivity index (χ4n) is 2.49. The summed E-state index contributed by atoms with van der Waals surface area (Å²) in [5.41, 5.74) is -0.502. The number of carbonyl (C=O) groups is 1. The Kier molecular flexibility index (Phi) is 3.43. The number of rotatable bonds is 1. The van der Waals surface area contributed by atoms with Crippen molar-refractivity contribution in [2.45, 2.75) is 6.18 Å². The van der Waals surface area contributed by atoms with Crippen molar-refractivity contribution in [1.82, 2.24) is 19.7 Å². The van der Waals surface area contributed by atoms with Crippen LogP contribution < -0.4 is 9.64 Å². The lowest BCUT2D eigenvalue weighted by molar-refractivity contribution is -0.137. The summed E-state index contributed by atoms with van der Waals surface area (Å²) in [6.07, 6.45) is 0.663. The smallest absolute Gasteiger partial charge is 0.417 e. The van der Waals surface area contributed by atoms with E-state index in [1.807, 2.05) is 0 Å². The third kappa shape index (κ3) is 2.55. The second-order valence-electron chi connectivity index (χ2n) is 5.51. The molecule has 0 atom stereocenters. The summed E-state index contributed by atoms with van der Waals surface area (Å²) >= 11 is 0. The Bertz CT molecular complexity index is 1000. The van der Waals surface area contributed by atoms with Crippen LogP contribution in [-0.2, 0) is 6.18 Å². The maximum absolute atomic E-state index is 12.9. The van der Waals surface area contributed by atoms with Gasteiger partial charge in [0.15, 0.2) is 11.4 Å². The summed E-state index contributed by atoms with van der Waals surface area (Å²) in [4.78, 5) is 21.4. The van der Waals surface area contributed by atoms with E-state index < -0.39 is 17.6 Å². The van der Waals surface area contributed by atoms with E-state index in [1.54, 1.807) is 24.5 Å². The predicted octanol–water partition coefficient (Wildman–Crippen LogP) is 3.06. The van der Waals surface area contributed by atoms with Crippen molar-refractivity contribution in [3.8, 4) is 17.3 Å². The third-order valence-electron chi connectivity index (χ3n) is 3.83. The molecule has 10 heteroatoms. The topological polar surface area (TPSA) is 73.1 Å². The van der Waals surface area contributed by atoms with E-state index in [2.05, 4.69) is 15.1 Å². The van der Waals surface area contributed by atoms with E-state index in [0.29, 0.717) is 11.9 Å². The van der Waals surface area contributed by atoms with Gasteiger partial charge in [0, 0.05) is 19.4 Å². The van der Waals surface area contributed by atoms with E-state index in [0.717, 1.165) is 11.0 Å². The third-order valence-corrected chi connectivity index (χ3v) is 3.83. The zero-order valence-corrected chi connectivity index (χ0v) is 13.2. The number of hydrogen-bond acceptors (Lipinski definition) is 5. The first-order chi connectivity index (χ1) is 12.3. The highest BCUT2D eigenvalue weighted by atomic mass is 19.4. The van der Waals surface area contributed by atoms with Crippen LogP contribution in [0.15, 0.2) is 43.0 Å². The molecule has 0 fully saturated rings. The molecule has 132 valence electrons. The Hall–Kier alpha value is -3.43. The van der Waals surface area contributed by atoms with Crippen LogP contribution in [0.4, 0.5) is 18.9 Å². The minimum absolute atomic E-state index is 0.0390. The second-order valence-corrected chi connectivity index (χ2v) is 5.51. The molecule has 0 saturated heterocycles. The van der Waals surface area contributed by atoms with E-state index in [4.69, 9.17) is 4.74 Å². The summed E-state index contributed by atoms with van der Waals surface area (Å²) in [7, 11) is 1.34. The molecule has 0 N–H and O–H groups in total. The molecule has 0 aliphatic carbocycles. The van der Waals surface area contributed by atoms with Crippen LogP contribution in [-0.4, -0.2) is 32.7 Å². The minimum Gasteiger partial charge on any atom is -0.433 e. The first kappa shape index (κ1) is 16.1. The molecule has 3 aromatic heterocycles. The summed E-state index contributed by atoms with van der Waals surface area (Å²) in [5, 5.41) is 4.18. The summed E-state index contributed by atoms with van der Waals surface area (Å²) in [6.45, 7) is 0. The van der Waals surface area contributed by atoms with Crippen molar-refractivity contribution < 1.29 is 22.7 Å². The van der Waals surface area contributed by atoms with E-state index >= 15 is 0 Å². The second kappa shape index (κ2) is 5.55. The lowest BCUT2D eigenvalue weighted by atomic mass is 10.2. The first-order valence-corrected chi connectivity index (χ1v) is 7.38. The molecular weight excluding hydrogens is 351 g/mol. The Morgan fingerprint density at radius 1 is 1.23 bits per heavy atom. The zero-order chi connectivity index (χ0) is 18.5. The average molecular weight is 361 g/mol. The molecule has 1 amide bonds. The first-order valence-electron chi connectivity index (χ1n) is 7.38. The van der Waals surface area contributed by atoms with E-state index in [1.165, 1.54) is 17.9 Å². The Morgan fingerprint density at radius 2 is 2.04 bits per heavy atom. The number of pyridine rings is 2. The number of fused-ring (bicyclic) bond motifs is 2. The molecule has 3 aromatic rings. The molecule has 4 rings (SSSR count). The van der Waals surface area contributed by atoms with Gasteiger partial charge in [0.05, 0.1) is 23.6 Å². The summed E-state index contributed by atoms with van der Waals surface area (Å²) in [6, 6.07) is 4.25. The SMILES string of the molecule is CN1C(=O)c2nn(-c3cccnc3)cc2Oc2ncc(C(F)(F)F)cc21. The number of aromatic nitrogens is 4. The highest BCUT2D eigenvalue weighted by Crippen LogP contribution is 2.40. The number of anilines is 1. The van der Waals surface area contributed by atoms with Crippen LogP contribution in [0.1, 0.15) is 16.1 Å². The van der Waals surface area contributed by atoms with Gasteiger partial charge in [-0.25, -0.2) is 9.67 Å². The van der Waals surface area contributed by atoms with Crippen LogP contribution in [0.5, 0.6) is 11.6 Å². The molecule has 7 nitrogen and oxygen atoms in total. The fraction of sp³-hybridized carbons (Fsp3) is 0.125. The van der Waals surface area contributed by atoms with E-state index in [-0.39, 0.29) is 23.0 Å². The number of hydrogen-bond donors (Lipinski definition) is 0. The number of halogens is 3. The van der Waals surface area contributed by atoms with Crippen molar-refractivity contribution in [3.05, 3.63) is 54.2 Å². The van der Waals surface area contributed by atoms with Crippen molar-refractivity contribution in [3.63, 3.8) is 0 Å². The van der Waals surface area contributed by atoms with Crippen molar-refractivity contribution >= 4 is 11.6 Å².